The number of rotatable bonds is 3. The maximum Gasteiger partial charge on any atom is 0.417 e. The Hall–Kier alpha value is -2.56. The van der Waals surface area contributed by atoms with Crippen LogP contribution in [0.25, 0.3) is 0 Å². The average molecular weight is 494 g/mol. The normalized spacial score (nSPS) is 20.6. The third-order valence-corrected chi connectivity index (χ3v) is 5.67. The minimum Gasteiger partial charge on any atom is -0.381 e. The number of benzene rings is 1. The maximum atomic E-state index is 13.1. The number of amides is 2. The molecule has 2 atom stereocenters. The van der Waals surface area contributed by atoms with Crippen LogP contribution in [0.15, 0.2) is 35.6 Å². The fourth-order valence-electron chi connectivity index (χ4n) is 3.33. The number of aromatic nitrogens is 1. The van der Waals surface area contributed by atoms with Crippen LogP contribution in [0.3, 0.4) is 0 Å². The van der Waals surface area contributed by atoms with Crippen LogP contribution < -0.4 is 5.01 Å². The second-order valence-electron chi connectivity index (χ2n) is 6.62. The highest BCUT2D eigenvalue weighted by atomic mass is 35.5. The molecular weight excluding hydrogens is 484 g/mol. The quantitative estimate of drug-likeness (QED) is 0.599. The van der Waals surface area contributed by atoms with Gasteiger partial charge in [0.2, 0.25) is 6.10 Å². The van der Waals surface area contributed by atoms with Gasteiger partial charge in [-0.15, -0.1) is 0 Å². The summed E-state index contributed by atoms with van der Waals surface area (Å²) in [5.74, 6) is -2.93. The molecule has 1 aromatic heterocycles. The van der Waals surface area contributed by atoms with Gasteiger partial charge in [-0.2, -0.15) is 18.2 Å². The number of pyridine rings is 1. The van der Waals surface area contributed by atoms with Crippen LogP contribution in [0, 0.1) is 5.92 Å². The summed E-state index contributed by atoms with van der Waals surface area (Å²) < 4.78 is 38.6. The number of imide groups is 1. The van der Waals surface area contributed by atoms with Crippen LogP contribution >= 0.6 is 34.8 Å². The van der Waals surface area contributed by atoms with Crippen molar-refractivity contribution in [3.8, 4) is 0 Å². The van der Waals surface area contributed by atoms with E-state index in [4.69, 9.17) is 39.6 Å². The molecule has 0 N–H and O–H groups in total. The number of carbonyl (C=O) groups is 2. The van der Waals surface area contributed by atoms with E-state index in [0.717, 1.165) is 5.01 Å². The first kappa shape index (κ1) is 21.7. The summed E-state index contributed by atoms with van der Waals surface area (Å²) in [5, 5.41) is 5.48. The zero-order valence-electron chi connectivity index (χ0n) is 15.3. The fraction of sp³-hybridized carbons (Fsp3) is 0.222. The number of hydrogen-bond acceptors (Lipinski definition) is 6. The predicted octanol–water partition coefficient (Wildman–Crippen LogP) is 4.20. The SMILES string of the molecule is CN(c1ncc(C(F)(F)F)cc1Cl)N1C(=O)[C@@H]2C(c3c(Cl)cccc3Cl)=NO[C@@H]2C1=O. The highest BCUT2D eigenvalue weighted by Gasteiger charge is 2.58. The van der Waals surface area contributed by atoms with Gasteiger partial charge in [0.15, 0.2) is 5.82 Å². The molecule has 2 aromatic rings. The van der Waals surface area contributed by atoms with Gasteiger partial charge in [-0.1, -0.05) is 46.0 Å². The molecule has 3 heterocycles. The van der Waals surface area contributed by atoms with Gasteiger partial charge in [0.05, 0.1) is 20.6 Å². The first-order chi connectivity index (χ1) is 14.5. The monoisotopic (exact) mass is 492 g/mol. The molecule has 2 aliphatic rings. The number of hydrogen-bond donors (Lipinski definition) is 0. The lowest BCUT2D eigenvalue weighted by Gasteiger charge is -2.28. The summed E-state index contributed by atoms with van der Waals surface area (Å²) >= 11 is 18.3. The lowest BCUT2D eigenvalue weighted by atomic mass is 9.94. The number of oxime groups is 1. The van der Waals surface area contributed by atoms with E-state index in [9.17, 15) is 22.8 Å². The van der Waals surface area contributed by atoms with E-state index in [0.29, 0.717) is 17.3 Å². The predicted molar refractivity (Wildman–Crippen MR) is 106 cm³/mol. The average Bonchev–Trinajstić information content (AvgIpc) is 3.21. The fourth-order valence-corrected chi connectivity index (χ4v) is 4.21. The van der Waals surface area contributed by atoms with E-state index in [1.807, 2.05) is 0 Å². The summed E-state index contributed by atoms with van der Waals surface area (Å²) in [6.07, 6.45) is -5.39. The Labute approximate surface area is 187 Å². The molecular formula is C18H10Cl3F3N4O3. The van der Waals surface area contributed by atoms with Crippen LogP contribution in [-0.4, -0.2) is 40.7 Å². The molecule has 0 bridgehead atoms. The molecule has 31 heavy (non-hydrogen) atoms. The van der Waals surface area contributed by atoms with Gasteiger partial charge in [0, 0.05) is 18.8 Å². The number of fused-ring (bicyclic) bond motifs is 1. The second kappa shape index (κ2) is 7.54. The van der Waals surface area contributed by atoms with E-state index in [2.05, 4.69) is 10.1 Å². The zero-order valence-corrected chi connectivity index (χ0v) is 17.6. The minimum atomic E-state index is -4.66. The van der Waals surface area contributed by atoms with E-state index in [1.165, 1.54) is 19.2 Å². The Bertz CT molecular complexity index is 1120. The molecule has 0 unspecified atom stereocenters. The smallest absolute Gasteiger partial charge is 0.381 e. The summed E-state index contributed by atoms with van der Waals surface area (Å²) in [6.45, 7) is 0. The van der Waals surface area contributed by atoms with Gasteiger partial charge in [-0.05, 0) is 18.2 Å². The molecule has 2 amide bonds. The van der Waals surface area contributed by atoms with Crippen molar-refractivity contribution in [3.63, 3.8) is 0 Å². The van der Waals surface area contributed by atoms with Crippen LogP contribution in [-0.2, 0) is 20.6 Å². The lowest BCUT2D eigenvalue weighted by Crippen LogP contribution is -2.46. The van der Waals surface area contributed by atoms with Crippen molar-refractivity contribution >= 4 is 58.1 Å². The number of nitrogens with zero attached hydrogens (tertiary/aromatic N) is 4. The van der Waals surface area contributed by atoms with Crippen LogP contribution in [0.2, 0.25) is 15.1 Å². The Morgan fingerprint density at radius 2 is 1.74 bits per heavy atom. The lowest BCUT2D eigenvalue weighted by molar-refractivity contribution is -0.143. The Morgan fingerprint density at radius 1 is 1.10 bits per heavy atom. The third-order valence-electron chi connectivity index (χ3n) is 4.76. The first-order valence-electron chi connectivity index (χ1n) is 8.54. The minimum absolute atomic E-state index is 0.0707. The summed E-state index contributed by atoms with van der Waals surface area (Å²) in [7, 11) is 1.26. The number of hydrazine groups is 1. The summed E-state index contributed by atoms with van der Waals surface area (Å²) in [4.78, 5) is 34.8. The molecule has 0 saturated carbocycles. The Kier molecular flexibility index (Phi) is 5.27. The molecule has 0 radical (unpaired) electrons. The molecule has 0 spiro atoms. The van der Waals surface area contributed by atoms with Gasteiger partial charge in [0.25, 0.3) is 11.8 Å². The van der Waals surface area contributed by atoms with Crippen molar-refractivity contribution in [3.05, 3.63) is 56.7 Å². The maximum absolute atomic E-state index is 13.1. The summed E-state index contributed by atoms with van der Waals surface area (Å²) in [5.41, 5.74) is -0.757. The van der Waals surface area contributed by atoms with Crippen molar-refractivity contribution in [1.82, 2.24) is 9.99 Å². The Balaban J connectivity index is 1.68. The van der Waals surface area contributed by atoms with Crippen molar-refractivity contribution in [2.24, 2.45) is 11.1 Å². The van der Waals surface area contributed by atoms with Crippen LogP contribution in [0.4, 0.5) is 19.0 Å². The van der Waals surface area contributed by atoms with Gasteiger partial charge in [-0.25, -0.2) is 4.98 Å². The molecule has 1 aromatic carbocycles. The van der Waals surface area contributed by atoms with Crippen LogP contribution in [0.5, 0.6) is 0 Å². The molecule has 2 aliphatic heterocycles. The molecule has 4 rings (SSSR count). The molecule has 1 fully saturated rings. The number of halogens is 6. The van der Waals surface area contributed by atoms with E-state index in [-0.39, 0.29) is 27.1 Å². The first-order valence-corrected chi connectivity index (χ1v) is 9.68. The van der Waals surface area contributed by atoms with Crippen molar-refractivity contribution in [2.45, 2.75) is 12.3 Å². The standard InChI is InChI=1S/C18H10Cl3F3N4O3/c1-27(15-10(21)5-7(6-25-15)18(22,23)24)28-16(29)12-13(26-31-14(12)17(28)30)11-8(19)3-2-4-9(11)20/h2-6,12,14H,1H3/t12-,14+/m1/s1. The van der Waals surface area contributed by atoms with Gasteiger partial charge < -0.3 is 4.84 Å². The molecule has 7 nitrogen and oxygen atoms in total. The van der Waals surface area contributed by atoms with Gasteiger partial charge >= 0.3 is 6.18 Å². The van der Waals surface area contributed by atoms with Gasteiger partial charge in [0.1, 0.15) is 11.6 Å². The molecule has 13 heteroatoms. The highest BCUT2D eigenvalue weighted by molar-refractivity contribution is 6.42. The third kappa shape index (κ3) is 3.48. The van der Waals surface area contributed by atoms with E-state index >= 15 is 0 Å². The topological polar surface area (TPSA) is 75.1 Å². The molecule has 162 valence electrons. The largest absolute Gasteiger partial charge is 0.417 e. The number of alkyl halides is 3. The highest BCUT2D eigenvalue weighted by Crippen LogP contribution is 2.39. The van der Waals surface area contributed by atoms with Crippen molar-refractivity contribution < 1.29 is 27.6 Å². The number of carbonyl (C=O) groups excluding carboxylic acids is 2. The van der Waals surface area contributed by atoms with Crippen molar-refractivity contribution in [2.75, 3.05) is 12.1 Å². The number of anilines is 1. The van der Waals surface area contributed by atoms with Crippen LogP contribution in [0.1, 0.15) is 11.1 Å². The second-order valence-corrected chi connectivity index (χ2v) is 7.84. The molecule has 0 aliphatic carbocycles. The zero-order chi connectivity index (χ0) is 22.7. The molecule has 1 saturated heterocycles. The summed E-state index contributed by atoms with van der Waals surface area (Å²) in [6, 6.07) is 5.33. The van der Waals surface area contributed by atoms with E-state index in [1.54, 1.807) is 6.07 Å². The van der Waals surface area contributed by atoms with Crippen molar-refractivity contribution in [1.29, 1.82) is 0 Å². The Morgan fingerprint density at radius 3 is 2.32 bits per heavy atom. The van der Waals surface area contributed by atoms with Gasteiger partial charge in [-0.3, -0.25) is 14.6 Å². The van der Waals surface area contributed by atoms with E-state index < -0.39 is 40.6 Å².